The number of guanidine groups is 1. The van der Waals surface area contributed by atoms with Crippen LogP contribution in [-0.4, -0.2) is 50.3 Å². The number of benzene rings is 2. The number of aryl methyl sites for hydroxylation is 1. The van der Waals surface area contributed by atoms with E-state index in [2.05, 4.69) is 15.2 Å². The molecule has 1 fully saturated rings. The normalized spacial score (nSPS) is 15.5. The smallest absolute Gasteiger partial charge is 0.193 e. The monoisotopic (exact) mass is 368 g/mol. The highest BCUT2D eigenvalue weighted by atomic mass is 16.5. The van der Waals surface area contributed by atoms with Crippen molar-refractivity contribution in [3.8, 4) is 5.75 Å². The molecule has 6 heteroatoms. The molecule has 0 radical (unpaired) electrons. The molecule has 0 spiro atoms. The number of morpholine rings is 1. The van der Waals surface area contributed by atoms with Crippen LogP contribution in [0.2, 0.25) is 0 Å². The first kappa shape index (κ1) is 19.2. The van der Waals surface area contributed by atoms with E-state index in [0.29, 0.717) is 19.1 Å². The van der Waals surface area contributed by atoms with Gasteiger partial charge in [-0.15, -0.1) is 0 Å². The number of anilines is 1. The molecule has 1 aliphatic rings. The van der Waals surface area contributed by atoms with E-state index in [-0.39, 0.29) is 0 Å². The summed E-state index contributed by atoms with van der Waals surface area (Å²) >= 11 is 0. The van der Waals surface area contributed by atoms with E-state index in [1.54, 1.807) is 0 Å². The van der Waals surface area contributed by atoms with Crippen molar-refractivity contribution in [2.75, 3.05) is 44.8 Å². The molecular weight excluding hydrogens is 340 g/mol. The van der Waals surface area contributed by atoms with Crippen LogP contribution in [0.3, 0.4) is 0 Å². The quantitative estimate of drug-likeness (QED) is 0.581. The molecule has 6 nitrogen and oxygen atoms in total. The van der Waals surface area contributed by atoms with E-state index in [1.807, 2.05) is 55.5 Å². The van der Waals surface area contributed by atoms with E-state index < -0.39 is 0 Å². The summed E-state index contributed by atoms with van der Waals surface area (Å²) in [5, 5.41) is 3.12. The number of nitrogens with zero attached hydrogens (tertiary/aromatic N) is 2. The zero-order chi connectivity index (χ0) is 18.9. The van der Waals surface area contributed by atoms with Gasteiger partial charge in [-0.25, -0.2) is 4.99 Å². The SMILES string of the molecule is Cc1cccc(NC(N)=NCc2cccc(OCCN3CCOCC3)c2)c1. The van der Waals surface area contributed by atoms with E-state index in [1.165, 1.54) is 5.56 Å². The van der Waals surface area contributed by atoms with Crippen molar-refractivity contribution >= 4 is 11.6 Å². The third kappa shape index (κ3) is 6.58. The Hall–Kier alpha value is -2.57. The minimum Gasteiger partial charge on any atom is -0.492 e. The van der Waals surface area contributed by atoms with Crippen molar-refractivity contribution in [2.45, 2.75) is 13.5 Å². The van der Waals surface area contributed by atoms with Crippen LogP contribution in [0.5, 0.6) is 5.75 Å². The Morgan fingerprint density at radius 1 is 1.19 bits per heavy atom. The molecule has 0 unspecified atom stereocenters. The number of ether oxygens (including phenoxy) is 2. The number of hydrogen-bond acceptors (Lipinski definition) is 4. The van der Waals surface area contributed by atoms with E-state index in [4.69, 9.17) is 15.2 Å². The van der Waals surface area contributed by atoms with Gasteiger partial charge in [-0.3, -0.25) is 4.90 Å². The number of rotatable bonds is 7. The van der Waals surface area contributed by atoms with Gasteiger partial charge in [0.25, 0.3) is 0 Å². The van der Waals surface area contributed by atoms with Crippen LogP contribution in [0.4, 0.5) is 5.69 Å². The number of aliphatic imine (C=N–C) groups is 1. The number of nitrogens with one attached hydrogen (secondary N) is 1. The zero-order valence-corrected chi connectivity index (χ0v) is 15.9. The fourth-order valence-corrected chi connectivity index (χ4v) is 2.94. The second-order valence-electron chi connectivity index (χ2n) is 6.65. The maximum absolute atomic E-state index is 6.00. The molecule has 2 aromatic rings. The van der Waals surface area contributed by atoms with E-state index in [9.17, 15) is 0 Å². The minimum absolute atomic E-state index is 0.402. The molecule has 0 amide bonds. The zero-order valence-electron chi connectivity index (χ0n) is 15.9. The van der Waals surface area contributed by atoms with Crippen LogP contribution in [0, 0.1) is 6.92 Å². The lowest BCUT2D eigenvalue weighted by Gasteiger charge is -2.26. The molecule has 0 aromatic heterocycles. The average Bonchev–Trinajstić information content (AvgIpc) is 2.68. The lowest BCUT2D eigenvalue weighted by Crippen LogP contribution is -2.38. The summed E-state index contributed by atoms with van der Waals surface area (Å²) in [5.74, 6) is 1.26. The Labute approximate surface area is 161 Å². The van der Waals surface area contributed by atoms with Gasteiger partial charge in [0, 0.05) is 25.3 Å². The molecule has 2 aromatic carbocycles. The van der Waals surface area contributed by atoms with Gasteiger partial charge in [0.2, 0.25) is 0 Å². The lowest BCUT2D eigenvalue weighted by atomic mass is 10.2. The van der Waals surface area contributed by atoms with Gasteiger partial charge in [-0.2, -0.15) is 0 Å². The largest absolute Gasteiger partial charge is 0.492 e. The third-order valence-corrected chi connectivity index (χ3v) is 4.40. The third-order valence-electron chi connectivity index (χ3n) is 4.40. The van der Waals surface area contributed by atoms with Gasteiger partial charge in [0.05, 0.1) is 19.8 Å². The fraction of sp³-hybridized carbons (Fsp3) is 0.381. The minimum atomic E-state index is 0.402. The molecule has 0 aliphatic carbocycles. The molecule has 144 valence electrons. The molecular formula is C21H28N4O2. The molecule has 1 heterocycles. The Morgan fingerprint density at radius 3 is 2.81 bits per heavy atom. The molecule has 27 heavy (non-hydrogen) atoms. The van der Waals surface area contributed by atoms with Crippen LogP contribution in [0.15, 0.2) is 53.5 Å². The molecule has 1 saturated heterocycles. The predicted molar refractivity (Wildman–Crippen MR) is 109 cm³/mol. The number of nitrogens with two attached hydrogens (primary N) is 1. The summed E-state index contributed by atoms with van der Waals surface area (Å²) in [6, 6.07) is 16.0. The van der Waals surface area contributed by atoms with E-state index in [0.717, 1.165) is 49.8 Å². The molecule has 3 N–H and O–H groups in total. The van der Waals surface area contributed by atoms with Gasteiger partial charge in [0.1, 0.15) is 12.4 Å². The second-order valence-corrected chi connectivity index (χ2v) is 6.65. The van der Waals surface area contributed by atoms with Crippen molar-refractivity contribution in [3.05, 3.63) is 59.7 Å². The molecule has 0 saturated carbocycles. The summed E-state index contributed by atoms with van der Waals surface area (Å²) in [5.41, 5.74) is 9.18. The van der Waals surface area contributed by atoms with Crippen molar-refractivity contribution in [1.82, 2.24) is 4.90 Å². The first-order valence-electron chi connectivity index (χ1n) is 9.34. The second kappa shape index (κ2) is 9.94. The van der Waals surface area contributed by atoms with E-state index >= 15 is 0 Å². The van der Waals surface area contributed by atoms with Gasteiger partial charge in [-0.05, 0) is 42.3 Å². The van der Waals surface area contributed by atoms with Gasteiger partial charge >= 0.3 is 0 Å². The highest BCUT2D eigenvalue weighted by Gasteiger charge is 2.09. The summed E-state index contributed by atoms with van der Waals surface area (Å²) in [4.78, 5) is 6.78. The first-order chi connectivity index (χ1) is 13.2. The maximum atomic E-state index is 6.00. The number of hydrogen-bond donors (Lipinski definition) is 2. The highest BCUT2D eigenvalue weighted by Crippen LogP contribution is 2.15. The van der Waals surface area contributed by atoms with Crippen LogP contribution in [-0.2, 0) is 11.3 Å². The fourth-order valence-electron chi connectivity index (χ4n) is 2.94. The maximum Gasteiger partial charge on any atom is 0.193 e. The Morgan fingerprint density at radius 2 is 2.00 bits per heavy atom. The van der Waals surface area contributed by atoms with Crippen LogP contribution in [0.1, 0.15) is 11.1 Å². The Kier molecular flexibility index (Phi) is 7.07. The molecule has 0 bridgehead atoms. The summed E-state index contributed by atoms with van der Waals surface area (Å²) in [6.07, 6.45) is 0. The topological polar surface area (TPSA) is 72.1 Å². The molecule has 3 rings (SSSR count). The Balaban J connectivity index is 1.47. The molecule has 0 atom stereocenters. The van der Waals surface area contributed by atoms with Crippen LogP contribution < -0.4 is 15.8 Å². The lowest BCUT2D eigenvalue weighted by molar-refractivity contribution is 0.0322. The Bertz CT molecular complexity index is 757. The van der Waals surface area contributed by atoms with Crippen molar-refractivity contribution in [3.63, 3.8) is 0 Å². The van der Waals surface area contributed by atoms with Gasteiger partial charge in [-0.1, -0.05) is 24.3 Å². The summed E-state index contributed by atoms with van der Waals surface area (Å²) in [6.45, 7) is 7.71. The van der Waals surface area contributed by atoms with Crippen LogP contribution >= 0.6 is 0 Å². The average molecular weight is 368 g/mol. The summed E-state index contributed by atoms with van der Waals surface area (Å²) in [7, 11) is 0. The van der Waals surface area contributed by atoms with Crippen molar-refractivity contribution in [2.24, 2.45) is 10.7 Å². The van der Waals surface area contributed by atoms with Crippen molar-refractivity contribution < 1.29 is 9.47 Å². The highest BCUT2D eigenvalue weighted by molar-refractivity contribution is 5.92. The first-order valence-corrected chi connectivity index (χ1v) is 9.34. The molecule has 1 aliphatic heterocycles. The standard InChI is InChI=1S/C21H28N4O2/c1-17-4-2-6-19(14-17)24-21(22)23-16-18-5-3-7-20(15-18)27-13-10-25-8-11-26-12-9-25/h2-7,14-15H,8-13,16H2,1H3,(H3,22,23,24). The van der Waals surface area contributed by atoms with Crippen LogP contribution in [0.25, 0.3) is 0 Å². The summed E-state index contributed by atoms with van der Waals surface area (Å²) < 4.78 is 11.2. The van der Waals surface area contributed by atoms with Crippen molar-refractivity contribution in [1.29, 1.82) is 0 Å². The van der Waals surface area contributed by atoms with Gasteiger partial charge < -0.3 is 20.5 Å². The van der Waals surface area contributed by atoms with Gasteiger partial charge in [0.15, 0.2) is 5.96 Å². The predicted octanol–water partition coefficient (Wildman–Crippen LogP) is 2.63.